The van der Waals surface area contributed by atoms with Gasteiger partial charge in [0.25, 0.3) is 0 Å². The van der Waals surface area contributed by atoms with E-state index < -0.39 is 9.84 Å². The van der Waals surface area contributed by atoms with Gasteiger partial charge in [0.05, 0.1) is 16.7 Å². The van der Waals surface area contributed by atoms with Crippen LogP contribution in [0.25, 0.3) is 21.0 Å². The summed E-state index contributed by atoms with van der Waals surface area (Å²) in [5.74, 6) is 1.08. The smallest absolute Gasteiger partial charge is 0.148 e. The van der Waals surface area contributed by atoms with Crippen LogP contribution in [0.15, 0.2) is 42.6 Å². The van der Waals surface area contributed by atoms with E-state index in [1.54, 1.807) is 11.3 Å². The summed E-state index contributed by atoms with van der Waals surface area (Å²) in [6, 6.07) is 12.9. The molecule has 1 atom stereocenters. The van der Waals surface area contributed by atoms with Gasteiger partial charge in [0.1, 0.15) is 20.6 Å². The van der Waals surface area contributed by atoms with Gasteiger partial charge in [-0.2, -0.15) is 0 Å². The van der Waals surface area contributed by atoms with Gasteiger partial charge in [-0.15, -0.1) is 11.3 Å². The van der Waals surface area contributed by atoms with Gasteiger partial charge in [-0.05, 0) is 74.1 Å². The Morgan fingerprint density at radius 3 is 2.78 bits per heavy atom. The largest absolute Gasteiger partial charge is 0.491 e. The van der Waals surface area contributed by atoms with E-state index >= 15 is 0 Å². The van der Waals surface area contributed by atoms with Crippen molar-refractivity contribution in [2.75, 3.05) is 18.6 Å². The average Bonchev–Trinajstić information content (AvgIpc) is 3.36. The summed E-state index contributed by atoms with van der Waals surface area (Å²) in [5, 5.41) is 4.42. The minimum atomic E-state index is -2.96. The highest BCUT2D eigenvalue weighted by Crippen LogP contribution is 2.41. The zero-order chi connectivity index (χ0) is 22.9. The standard InChI is InChI=1S/C25H30N2O3S2/c1-16(2)30-23-11-8-18(14-17(23)3)25-27-15-24(31-25)21-7-5-6-20-19(21)9-10-22(20)26-12-13-32(4,28)29/h5-8,11,14-16,22,26H,9-10,12-13H2,1-4H3/t22-/m0/s1. The molecule has 0 aliphatic heterocycles. The Kier molecular flexibility index (Phi) is 6.70. The number of benzene rings is 2. The summed E-state index contributed by atoms with van der Waals surface area (Å²) in [4.78, 5) is 5.87. The lowest BCUT2D eigenvalue weighted by Crippen LogP contribution is -2.25. The van der Waals surface area contributed by atoms with E-state index in [4.69, 9.17) is 9.72 Å². The SMILES string of the molecule is Cc1cc(-c2ncc(-c3cccc4c3CC[C@@H]4NCCS(C)(=O)=O)s2)ccc1OC(C)C. The highest BCUT2D eigenvalue weighted by Gasteiger charge is 2.25. The molecule has 0 saturated heterocycles. The van der Waals surface area contributed by atoms with Crippen LogP contribution in [0.5, 0.6) is 5.75 Å². The number of thiazole rings is 1. The maximum Gasteiger partial charge on any atom is 0.148 e. The fraction of sp³-hybridized carbons (Fsp3) is 0.400. The molecular formula is C25H30N2O3S2. The van der Waals surface area contributed by atoms with Gasteiger partial charge >= 0.3 is 0 Å². The molecule has 0 amide bonds. The number of sulfone groups is 1. The molecule has 0 unspecified atom stereocenters. The van der Waals surface area contributed by atoms with E-state index in [0.717, 1.165) is 39.6 Å². The zero-order valence-corrected chi connectivity index (χ0v) is 20.6. The summed E-state index contributed by atoms with van der Waals surface area (Å²) in [7, 11) is -2.96. The Bertz CT molecular complexity index is 1220. The summed E-state index contributed by atoms with van der Waals surface area (Å²) >= 11 is 1.70. The Morgan fingerprint density at radius 2 is 2.06 bits per heavy atom. The van der Waals surface area contributed by atoms with Crippen molar-refractivity contribution in [1.82, 2.24) is 10.3 Å². The number of hydrogen-bond donors (Lipinski definition) is 1. The van der Waals surface area contributed by atoms with E-state index in [1.807, 2.05) is 26.1 Å². The van der Waals surface area contributed by atoms with Crippen LogP contribution in [0.1, 0.15) is 43.0 Å². The van der Waals surface area contributed by atoms with Crippen molar-refractivity contribution in [1.29, 1.82) is 0 Å². The lowest BCUT2D eigenvalue weighted by Gasteiger charge is -2.14. The van der Waals surface area contributed by atoms with Gasteiger partial charge in [0, 0.05) is 30.6 Å². The molecule has 7 heteroatoms. The Hall–Kier alpha value is -2.22. The summed E-state index contributed by atoms with van der Waals surface area (Å²) in [6.45, 7) is 6.61. The Labute approximate surface area is 194 Å². The highest BCUT2D eigenvalue weighted by atomic mass is 32.2. The monoisotopic (exact) mass is 470 g/mol. The molecule has 1 N–H and O–H groups in total. The van der Waals surface area contributed by atoms with Crippen LogP contribution in [0.2, 0.25) is 0 Å². The molecule has 32 heavy (non-hydrogen) atoms. The third kappa shape index (κ3) is 5.22. The van der Waals surface area contributed by atoms with Crippen LogP contribution in [0.3, 0.4) is 0 Å². The van der Waals surface area contributed by atoms with E-state index in [2.05, 4.69) is 42.6 Å². The fourth-order valence-electron chi connectivity index (χ4n) is 4.22. The van der Waals surface area contributed by atoms with Gasteiger partial charge in [-0.25, -0.2) is 13.4 Å². The first-order valence-electron chi connectivity index (χ1n) is 11.0. The predicted molar refractivity (Wildman–Crippen MR) is 132 cm³/mol. The number of rotatable bonds is 8. The normalized spacial score (nSPS) is 15.8. The van der Waals surface area contributed by atoms with Crippen molar-refractivity contribution in [2.24, 2.45) is 0 Å². The van der Waals surface area contributed by atoms with E-state index in [0.29, 0.717) is 6.54 Å². The minimum Gasteiger partial charge on any atom is -0.491 e. The maximum absolute atomic E-state index is 11.4. The molecule has 1 aliphatic rings. The van der Waals surface area contributed by atoms with Crippen LogP contribution >= 0.6 is 11.3 Å². The van der Waals surface area contributed by atoms with Gasteiger partial charge in [-0.1, -0.05) is 18.2 Å². The quantitative estimate of drug-likeness (QED) is 0.490. The molecule has 0 fully saturated rings. The van der Waals surface area contributed by atoms with Crippen molar-refractivity contribution in [2.45, 2.75) is 45.8 Å². The molecular weight excluding hydrogens is 440 g/mol. The average molecular weight is 471 g/mol. The molecule has 1 aliphatic carbocycles. The summed E-state index contributed by atoms with van der Waals surface area (Å²) in [6.07, 6.45) is 5.36. The predicted octanol–water partition coefficient (Wildman–Crippen LogP) is 5.19. The second-order valence-electron chi connectivity index (χ2n) is 8.73. The minimum absolute atomic E-state index is 0.149. The molecule has 1 heterocycles. The van der Waals surface area contributed by atoms with Crippen molar-refractivity contribution < 1.29 is 13.2 Å². The molecule has 5 nitrogen and oxygen atoms in total. The lowest BCUT2D eigenvalue weighted by atomic mass is 10.0. The molecule has 3 aromatic rings. The van der Waals surface area contributed by atoms with Crippen molar-refractivity contribution in [3.63, 3.8) is 0 Å². The van der Waals surface area contributed by atoms with E-state index in [1.165, 1.54) is 22.9 Å². The fourth-order valence-corrected chi connectivity index (χ4v) is 5.67. The summed E-state index contributed by atoms with van der Waals surface area (Å²) < 4.78 is 28.7. The van der Waals surface area contributed by atoms with Crippen LogP contribution in [0.4, 0.5) is 0 Å². The number of fused-ring (bicyclic) bond motifs is 1. The molecule has 0 radical (unpaired) electrons. The lowest BCUT2D eigenvalue weighted by molar-refractivity contribution is 0.241. The number of ether oxygens (including phenoxy) is 1. The summed E-state index contributed by atoms with van der Waals surface area (Å²) in [5.41, 5.74) is 6.06. The van der Waals surface area contributed by atoms with E-state index in [9.17, 15) is 8.42 Å². The number of aryl methyl sites for hydroxylation is 1. The van der Waals surface area contributed by atoms with Crippen molar-refractivity contribution >= 4 is 21.2 Å². The number of aromatic nitrogens is 1. The number of nitrogens with one attached hydrogen (secondary N) is 1. The Morgan fingerprint density at radius 1 is 1.25 bits per heavy atom. The first kappa shape index (κ1) is 23.0. The molecule has 2 aromatic carbocycles. The zero-order valence-electron chi connectivity index (χ0n) is 19.0. The third-order valence-corrected chi connectivity index (χ3v) is 7.72. The highest BCUT2D eigenvalue weighted by molar-refractivity contribution is 7.90. The van der Waals surface area contributed by atoms with Gasteiger partial charge in [0.2, 0.25) is 0 Å². The van der Waals surface area contributed by atoms with Crippen LogP contribution < -0.4 is 10.1 Å². The second-order valence-corrected chi connectivity index (χ2v) is 12.0. The van der Waals surface area contributed by atoms with Gasteiger partial charge in [0.15, 0.2) is 0 Å². The number of hydrogen-bond acceptors (Lipinski definition) is 6. The first-order chi connectivity index (χ1) is 15.2. The molecule has 0 bridgehead atoms. The van der Waals surface area contributed by atoms with Crippen LogP contribution in [-0.2, 0) is 16.3 Å². The van der Waals surface area contributed by atoms with Gasteiger partial charge < -0.3 is 10.1 Å². The van der Waals surface area contributed by atoms with Crippen LogP contribution in [-0.4, -0.2) is 38.1 Å². The molecule has 4 rings (SSSR count). The maximum atomic E-state index is 11.4. The topological polar surface area (TPSA) is 68.3 Å². The molecule has 1 aromatic heterocycles. The molecule has 0 spiro atoms. The molecule has 0 saturated carbocycles. The van der Waals surface area contributed by atoms with E-state index in [-0.39, 0.29) is 17.9 Å². The third-order valence-electron chi connectivity index (χ3n) is 5.69. The Balaban J connectivity index is 1.55. The van der Waals surface area contributed by atoms with Crippen molar-refractivity contribution in [3.05, 3.63) is 59.3 Å². The van der Waals surface area contributed by atoms with Crippen LogP contribution in [0, 0.1) is 6.92 Å². The molecule has 170 valence electrons. The van der Waals surface area contributed by atoms with Gasteiger partial charge in [-0.3, -0.25) is 0 Å². The van der Waals surface area contributed by atoms with Crippen molar-refractivity contribution in [3.8, 4) is 26.8 Å². The first-order valence-corrected chi connectivity index (χ1v) is 13.9. The number of nitrogens with zero attached hydrogens (tertiary/aromatic N) is 1. The second kappa shape index (κ2) is 9.33.